The molecule has 0 saturated carbocycles. The highest BCUT2D eigenvalue weighted by molar-refractivity contribution is 6.77. The van der Waals surface area contributed by atoms with Crippen LogP contribution in [0.2, 0.25) is 0 Å². The fourth-order valence-electron chi connectivity index (χ4n) is 5.66. The van der Waals surface area contributed by atoms with E-state index in [2.05, 4.69) is 119 Å². The summed E-state index contributed by atoms with van der Waals surface area (Å²) >= 11 is 0. The summed E-state index contributed by atoms with van der Waals surface area (Å²) in [7, 11) is 2.22. The number of anilines is 1. The Morgan fingerprint density at radius 1 is 0.824 bits per heavy atom. The van der Waals surface area contributed by atoms with Gasteiger partial charge in [0.2, 0.25) is 0 Å². The Morgan fingerprint density at radius 2 is 1.44 bits per heavy atom. The predicted octanol–water partition coefficient (Wildman–Crippen LogP) is 6.77. The van der Waals surface area contributed by atoms with Crippen LogP contribution in [0.5, 0.6) is 0 Å². The minimum Gasteiger partial charge on any atom is -0.394 e. The number of imidazole rings is 1. The Labute approximate surface area is 204 Å². The summed E-state index contributed by atoms with van der Waals surface area (Å²) in [5.74, 6) is 1.96. The largest absolute Gasteiger partial charge is 0.417 e. The van der Waals surface area contributed by atoms with Crippen molar-refractivity contribution >= 4 is 18.1 Å². The Kier molecular flexibility index (Phi) is 5.63. The summed E-state index contributed by atoms with van der Waals surface area (Å²) in [5, 5.41) is 0. The van der Waals surface area contributed by atoms with E-state index in [-0.39, 0.29) is 6.98 Å². The van der Waals surface area contributed by atoms with Gasteiger partial charge in [0.25, 0.3) is 0 Å². The number of benzene rings is 3. The molecule has 4 aromatic rings. The first-order valence-corrected chi connectivity index (χ1v) is 12.4. The van der Waals surface area contributed by atoms with Gasteiger partial charge in [-0.2, -0.15) is 0 Å². The summed E-state index contributed by atoms with van der Waals surface area (Å²) in [6, 6.07) is 20.3. The third kappa shape index (κ3) is 3.48. The summed E-state index contributed by atoms with van der Waals surface area (Å²) in [4.78, 5) is 7.22. The zero-order valence-electron chi connectivity index (χ0n) is 21.4. The second-order valence-electron chi connectivity index (χ2n) is 10.3. The molecule has 3 aromatic carbocycles. The van der Waals surface area contributed by atoms with E-state index in [0.29, 0.717) is 11.8 Å². The van der Waals surface area contributed by atoms with Crippen molar-refractivity contribution in [3.8, 4) is 22.5 Å². The molecule has 0 atom stereocenters. The van der Waals surface area contributed by atoms with Gasteiger partial charge >= 0.3 is 6.98 Å². The molecule has 1 aromatic heterocycles. The van der Waals surface area contributed by atoms with Crippen LogP contribution in [0.1, 0.15) is 61.8 Å². The monoisotopic (exact) mass is 447 g/mol. The molecule has 0 fully saturated rings. The lowest BCUT2D eigenvalue weighted by Crippen LogP contribution is -2.56. The van der Waals surface area contributed by atoms with Gasteiger partial charge in [-0.05, 0) is 72.6 Å². The van der Waals surface area contributed by atoms with Crippen LogP contribution in [0.15, 0.2) is 67.0 Å². The molecule has 34 heavy (non-hydrogen) atoms. The maximum atomic E-state index is 4.80. The number of hydrogen-bond acceptors (Lipinski definition) is 2. The zero-order valence-corrected chi connectivity index (χ0v) is 21.4. The maximum absolute atomic E-state index is 4.80. The summed E-state index contributed by atoms with van der Waals surface area (Å²) < 4.78 is 2.32. The van der Waals surface area contributed by atoms with E-state index in [9.17, 15) is 0 Å². The molecule has 1 aliphatic heterocycles. The number of rotatable bonds is 4. The smallest absolute Gasteiger partial charge is 0.394 e. The minimum absolute atomic E-state index is 0.0753. The molecule has 0 spiro atoms. The van der Waals surface area contributed by atoms with Gasteiger partial charge in [-0.15, -0.1) is 0 Å². The van der Waals surface area contributed by atoms with Crippen molar-refractivity contribution in [3.63, 3.8) is 0 Å². The Balaban J connectivity index is 1.74. The minimum atomic E-state index is 0.0753. The number of aromatic nitrogens is 2. The fourth-order valence-corrected chi connectivity index (χ4v) is 5.66. The lowest BCUT2D eigenvalue weighted by Gasteiger charge is -2.36. The predicted molar refractivity (Wildman–Crippen MR) is 146 cm³/mol. The van der Waals surface area contributed by atoms with E-state index < -0.39 is 0 Å². The van der Waals surface area contributed by atoms with Crippen LogP contribution in [0.25, 0.3) is 22.5 Å². The van der Waals surface area contributed by atoms with Gasteiger partial charge in [0.1, 0.15) is 5.82 Å². The van der Waals surface area contributed by atoms with Crippen LogP contribution in [0.3, 0.4) is 0 Å². The van der Waals surface area contributed by atoms with Crippen molar-refractivity contribution < 1.29 is 0 Å². The Bertz CT molecular complexity index is 1320. The molecule has 0 unspecified atom stereocenters. The van der Waals surface area contributed by atoms with Crippen LogP contribution < -0.4 is 10.3 Å². The molecule has 0 radical (unpaired) electrons. The molecular weight excluding hydrogens is 413 g/mol. The van der Waals surface area contributed by atoms with Gasteiger partial charge < -0.3 is 9.29 Å². The number of fused-ring (bicyclic) bond motifs is 3. The molecule has 172 valence electrons. The van der Waals surface area contributed by atoms with Crippen molar-refractivity contribution in [3.05, 3.63) is 89.2 Å². The van der Waals surface area contributed by atoms with Gasteiger partial charge in [-0.3, -0.25) is 0 Å². The van der Waals surface area contributed by atoms with Crippen molar-refractivity contribution in [2.75, 3.05) is 11.9 Å². The lowest BCUT2D eigenvalue weighted by molar-refractivity contribution is 0.838. The lowest BCUT2D eigenvalue weighted by atomic mass is 9.60. The quantitative estimate of drug-likeness (QED) is 0.322. The summed E-state index contributed by atoms with van der Waals surface area (Å²) in [6.07, 6.45) is 4.04. The van der Waals surface area contributed by atoms with Crippen LogP contribution in [0, 0.1) is 13.8 Å². The fraction of sp³-hybridized carbons (Fsp3) is 0.300. The average molecular weight is 447 g/mol. The van der Waals surface area contributed by atoms with Crippen molar-refractivity contribution in [1.29, 1.82) is 0 Å². The molecule has 4 heteroatoms. The normalized spacial score (nSPS) is 13.0. The highest BCUT2D eigenvalue weighted by Gasteiger charge is 2.37. The average Bonchev–Trinajstić information content (AvgIpc) is 3.29. The number of hydrogen-bond donors (Lipinski definition) is 0. The second kappa shape index (κ2) is 8.50. The topological polar surface area (TPSA) is 21.1 Å². The molecule has 0 bridgehead atoms. The highest BCUT2D eigenvalue weighted by Crippen LogP contribution is 2.42. The van der Waals surface area contributed by atoms with E-state index >= 15 is 0 Å². The first-order chi connectivity index (χ1) is 16.3. The third-order valence-electron chi connectivity index (χ3n) is 7.38. The Hall–Kier alpha value is -3.27. The molecule has 2 heterocycles. The zero-order chi connectivity index (χ0) is 24.1. The number of nitrogens with zero attached hydrogens (tertiary/aromatic N) is 3. The summed E-state index contributed by atoms with van der Waals surface area (Å²) in [6.45, 7) is 13.7. The molecular formula is C30H34BN3. The second-order valence-corrected chi connectivity index (χ2v) is 10.3. The SMILES string of the molecule is Cc1cccc(C)c1B1N(C)c2cc(-c3c(C(C)C)cccc3C(C)C)ccc2-c2nccn21. The van der Waals surface area contributed by atoms with E-state index in [4.69, 9.17) is 4.98 Å². The molecule has 5 rings (SSSR count). The van der Waals surface area contributed by atoms with E-state index in [1.54, 1.807) is 0 Å². The van der Waals surface area contributed by atoms with Crippen molar-refractivity contribution in [2.24, 2.45) is 0 Å². The van der Waals surface area contributed by atoms with Crippen molar-refractivity contribution in [2.45, 2.75) is 53.4 Å². The maximum Gasteiger partial charge on any atom is 0.417 e. The van der Waals surface area contributed by atoms with Crippen LogP contribution in [-0.2, 0) is 0 Å². The van der Waals surface area contributed by atoms with Gasteiger partial charge in [0, 0.05) is 23.6 Å². The van der Waals surface area contributed by atoms with E-state index in [0.717, 1.165) is 5.82 Å². The number of aryl methyl sites for hydroxylation is 2. The standard InChI is InChI=1S/C30H34BN3/c1-19(2)24-12-9-13-25(20(3)4)28(24)23-14-15-26-27(18-23)33(7)31(34-17-16-32-30(26)34)29-21(5)10-8-11-22(29)6/h8-20H,1-7H3. The molecule has 1 aliphatic rings. The van der Waals surface area contributed by atoms with Gasteiger partial charge in [-0.1, -0.05) is 81.3 Å². The summed E-state index contributed by atoms with van der Waals surface area (Å²) in [5.41, 5.74) is 11.9. The third-order valence-corrected chi connectivity index (χ3v) is 7.38. The molecule has 0 saturated heterocycles. The van der Waals surface area contributed by atoms with E-state index in [1.807, 2.05) is 6.20 Å². The van der Waals surface area contributed by atoms with E-state index in [1.165, 1.54) is 50.1 Å². The Morgan fingerprint density at radius 3 is 2.06 bits per heavy atom. The molecule has 0 N–H and O–H groups in total. The van der Waals surface area contributed by atoms with Gasteiger partial charge in [0.05, 0.1) is 0 Å². The van der Waals surface area contributed by atoms with Crippen LogP contribution in [-0.4, -0.2) is 23.5 Å². The van der Waals surface area contributed by atoms with Crippen molar-refractivity contribution in [1.82, 2.24) is 9.46 Å². The molecule has 3 nitrogen and oxygen atoms in total. The van der Waals surface area contributed by atoms with Gasteiger partial charge in [0.15, 0.2) is 0 Å². The first-order valence-electron chi connectivity index (χ1n) is 12.4. The van der Waals surface area contributed by atoms with Crippen LogP contribution >= 0.6 is 0 Å². The molecule has 0 amide bonds. The highest BCUT2D eigenvalue weighted by atomic mass is 15.2. The van der Waals surface area contributed by atoms with Gasteiger partial charge in [-0.25, -0.2) is 4.98 Å². The van der Waals surface area contributed by atoms with Crippen LogP contribution in [0.4, 0.5) is 5.69 Å². The first kappa shape index (κ1) is 22.5. The molecule has 0 aliphatic carbocycles.